The van der Waals surface area contributed by atoms with Crippen LogP contribution >= 0.6 is 0 Å². The second-order valence-corrected chi connectivity index (χ2v) is 8.26. The first-order chi connectivity index (χ1) is 10.4. The molecule has 0 aliphatic rings. The van der Waals surface area contributed by atoms with Crippen molar-refractivity contribution in [1.82, 2.24) is 0 Å². The zero-order valence-corrected chi connectivity index (χ0v) is 15.7. The molecular weight excluding hydrogens is 300 g/mol. The molecule has 0 aliphatic heterocycles. The SMILES string of the molecule is C[N+](C)(C)CC(O)COCC(CCO)OCC(O)C[N+](C)(C)C. The van der Waals surface area contributed by atoms with E-state index < -0.39 is 12.2 Å². The predicted octanol–water partition coefficient (Wildman–Crippen LogP) is -1.10. The fourth-order valence-corrected chi connectivity index (χ4v) is 2.31. The molecule has 3 N–H and O–H groups in total. The molecule has 0 aliphatic carbocycles. The van der Waals surface area contributed by atoms with Crippen molar-refractivity contribution in [3.8, 4) is 0 Å². The summed E-state index contributed by atoms with van der Waals surface area (Å²) in [5.74, 6) is 0. The molecule has 0 heterocycles. The van der Waals surface area contributed by atoms with E-state index >= 15 is 0 Å². The average molecular weight is 338 g/mol. The fourth-order valence-electron chi connectivity index (χ4n) is 2.31. The molecular formula is C16H38N2O5+2. The maximum Gasteiger partial charge on any atom is 0.126 e. The molecule has 0 rings (SSSR count). The van der Waals surface area contributed by atoms with Crippen LogP contribution < -0.4 is 0 Å². The molecule has 0 aromatic carbocycles. The van der Waals surface area contributed by atoms with E-state index in [1.807, 2.05) is 42.3 Å². The maximum absolute atomic E-state index is 9.96. The minimum absolute atomic E-state index is 0.000882. The lowest BCUT2D eigenvalue weighted by Gasteiger charge is -2.28. The lowest BCUT2D eigenvalue weighted by atomic mass is 10.2. The van der Waals surface area contributed by atoms with E-state index in [2.05, 4.69) is 0 Å². The smallest absolute Gasteiger partial charge is 0.126 e. The van der Waals surface area contributed by atoms with E-state index in [0.717, 1.165) is 0 Å². The van der Waals surface area contributed by atoms with Gasteiger partial charge in [0.25, 0.3) is 0 Å². The zero-order chi connectivity index (χ0) is 18.1. The summed E-state index contributed by atoms with van der Waals surface area (Å²) < 4.78 is 12.5. The summed E-state index contributed by atoms with van der Waals surface area (Å²) in [6.07, 6.45) is -0.922. The number of ether oxygens (including phenoxy) is 2. The molecule has 0 spiro atoms. The Bertz CT molecular complexity index is 302. The van der Waals surface area contributed by atoms with Crippen LogP contribution in [0.3, 0.4) is 0 Å². The summed E-state index contributed by atoms with van der Waals surface area (Å²) in [6.45, 7) is 1.95. The van der Waals surface area contributed by atoms with Gasteiger partial charge in [-0.1, -0.05) is 0 Å². The van der Waals surface area contributed by atoms with Gasteiger partial charge in [0.1, 0.15) is 25.3 Å². The third-order valence-corrected chi connectivity index (χ3v) is 3.11. The zero-order valence-electron chi connectivity index (χ0n) is 15.7. The first kappa shape index (κ1) is 22.7. The minimum atomic E-state index is -0.556. The third kappa shape index (κ3) is 15.0. The van der Waals surface area contributed by atoms with Crippen LogP contribution in [0.25, 0.3) is 0 Å². The van der Waals surface area contributed by atoms with Gasteiger partial charge >= 0.3 is 0 Å². The van der Waals surface area contributed by atoms with Gasteiger partial charge < -0.3 is 33.8 Å². The molecule has 7 heteroatoms. The Morgan fingerprint density at radius 3 is 1.70 bits per heavy atom. The minimum Gasteiger partial charge on any atom is -0.396 e. The number of aliphatic hydroxyl groups excluding tert-OH is 3. The van der Waals surface area contributed by atoms with Crippen LogP contribution in [-0.4, -0.2) is 124 Å². The predicted molar refractivity (Wildman–Crippen MR) is 90.1 cm³/mol. The molecule has 3 unspecified atom stereocenters. The van der Waals surface area contributed by atoms with Crippen LogP contribution in [0.1, 0.15) is 6.42 Å². The molecule has 3 atom stereocenters. The molecule has 0 radical (unpaired) electrons. The maximum atomic E-state index is 9.96. The van der Waals surface area contributed by atoms with Gasteiger partial charge in [0, 0.05) is 6.61 Å². The van der Waals surface area contributed by atoms with Crippen molar-refractivity contribution in [2.45, 2.75) is 24.7 Å². The van der Waals surface area contributed by atoms with Crippen LogP contribution in [0, 0.1) is 0 Å². The summed E-state index contributed by atoms with van der Waals surface area (Å²) in [6, 6.07) is 0. The molecule has 0 amide bonds. The number of rotatable bonds is 13. The second-order valence-electron chi connectivity index (χ2n) is 8.26. The van der Waals surface area contributed by atoms with Gasteiger partial charge in [-0.3, -0.25) is 0 Å². The standard InChI is InChI=1S/C16H38N2O5/c1-17(2,3)9-14(20)11-22-13-16(7-8-19)23-12-15(21)10-18(4,5)6/h14-16,19-21H,7-13H2,1-6H3/q+2. The fraction of sp³-hybridized carbons (Fsp3) is 1.00. The molecule has 140 valence electrons. The van der Waals surface area contributed by atoms with Crippen molar-refractivity contribution < 1.29 is 33.8 Å². The molecule has 0 aromatic heterocycles. The van der Waals surface area contributed by atoms with Crippen molar-refractivity contribution in [1.29, 1.82) is 0 Å². The molecule has 0 saturated carbocycles. The van der Waals surface area contributed by atoms with Crippen LogP contribution in [0.4, 0.5) is 0 Å². The number of hydrogen-bond donors (Lipinski definition) is 3. The lowest BCUT2D eigenvalue weighted by molar-refractivity contribution is -0.873. The molecule has 7 nitrogen and oxygen atoms in total. The highest BCUT2D eigenvalue weighted by atomic mass is 16.5. The van der Waals surface area contributed by atoms with Gasteiger partial charge in [-0.2, -0.15) is 0 Å². The van der Waals surface area contributed by atoms with Gasteiger partial charge in [-0.15, -0.1) is 0 Å². The summed E-state index contributed by atoms with van der Waals surface area (Å²) in [5, 5.41) is 29.0. The van der Waals surface area contributed by atoms with E-state index in [4.69, 9.17) is 14.6 Å². The highest BCUT2D eigenvalue weighted by Gasteiger charge is 2.19. The quantitative estimate of drug-likeness (QED) is 0.372. The third-order valence-electron chi connectivity index (χ3n) is 3.11. The van der Waals surface area contributed by atoms with Crippen LogP contribution in [-0.2, 0) is 9.47 Å². The van der Waals surface area contributed by atoms with Crippen molar-refractivity contribution in [2.75, 3.05) is 81.8 Å². The van der Waals surface area contributed by atoms with Gasteiger partial charge in [-0.25, -0.2) is 0 Å². The number of aliphatic hydroxyl groups is 3. The first-order valence-corrected chi connectivity index (χ1v) is 8.20. The highest BCUT2D eigenvalue weighted by molar-refractivity contribution is 4.61. The summed E-state index contributed by atoms with van der Waals surface area (Å²) >= 11 is 0. The topological polar surface area (TPSA) is 79.2 Å². The second kappa shape index (κ2) is 10.6. The van der Waals surface area contributed by atoms with Crippen LogP contribution in [0.15, 0.2) is 0 Å². The molecule has 0 aromatic rings. The van der Waals surface area contributed by atoms with E-state index in [9.17, 15) is 10.2 Å². The highest BCUT2D eigenvalue weighted by Crippen LogP contribution is 2.04. The van der Waals surface area contributed by atoms with E-state index in [1.165, 1.54) is 0 Å². The van der Waals surface area contributed by atoms with Crippen molar-refractivity contribution in [3.05, 3.63) is 0 Å². The van der Waals surface area contributed by atoms with E-state index in [-0.39, 0.29) is 25.9 Å². The van der Waals surface area contributed by atoms with Crippen molar-refractivity contribution >= 4 is 0 Å². The normalized spacial score (nSPS) is 17.1. The summed E-state index contributed by atoms with van der Waals surface area (Å²) in [7, 11) is 12.0. The summed E-state index contributed by atoms with van der Waals surface area (Å²) in [5.41, 5.74) is 0. The van der Waals surface area contributed by atoms with Crippen molar-refractivity contribution in [2.24, 2.45) is 0 Å². The summed E-state index contributed by atoms with van der Waals surface area (Å²) in [4.78, 5) is 0. The largest absolute Gasteiger partial charge is 0.396 e. The van der Waals surface area contributed by atoms with Gasteiger partial charge in [0.05, 0.1) is 68.2 Å². The van der Waals surface area contributed by atoms with Crippen molar-refractivity contribution in [3.63, 3.8) is 0 Å². The number of quaternary nitrogens is 2. The Kier molecular flexibility index (Phi) is 10.4. The molecule has 0 saturated heterocycles. The number of hydrogen-bond acceptors (Lipinski definition) is 5. The molecule has 0 fully saturated rings. The van der Waals surface area contributed by atoms with E-state index in [0.29, 0.717) is 35.1 Å². The molecule has 0 bridgehead atoms. The Hall–Kier alpha value is -0.280. The average Bonchev–Trinajstić information content (AvgIpc) is 2.31. The Labute approximate surface area is 141 Å². The van der Waals surface area contributed by atoms with Crippen LogP contribution in [0.5, 0.6) is 0 Å². The Morgan fingerprint density at radius 2 is 1.26 bits per heavy atom. The molecule has 23 heavy (non-hydrogen) atoms. The Balaban J connectivity index is 4.07. The van der Waals surface area contributed by atoms with Gasteiger partial charge in [-0.05, 0) is 6.42 Å². The monoisotopic (exact) mass is 338 g/mol. The first-order valence-electron chi connectivity index (χ1n) is 8.20. The van der Waals surface area contributed by atoms with Crippen LogP contribution in [0.2, 0.25) is 0 Å². The lowest BCUT2D eigenvalue weighted by Crippen LogP contribution is -2.44. The van der Waals surface area contributed by atoms with E-state index in [1.54, 1.807) is 0 Å². The van der Waals surface area contributed by atoms with Gasteiger partial charge in [0.2, 0.25) is 0 Å². The number of nitrogens with zero attached hydrogens (tertiary/aromatic N) is 2. The van der Waals surface area contributed by atoms with Gasteiger partial charge in [0.15, 0.2) is 0 Å². The Morgan fingerprint density at radius 1 is 0.783 bits per heavy atom. The number of likely N-dealkylation sites (N-methyl/N-ethyl adjacent to an activating group) is 2.